The van der Waals surface area contributed by atoms with Crippen molar-refractivity contribution in [1.82, 2.24) is 0 Å². The van der Waals surface area contributed by atoms with Crippen LogP contribution in [0.1, 0.15) is 20.8 Å². The quantitative estimate of drug-likeness (QED) is 0.595. The first-order valence-electron chi connectivity index (χ1n) is 4.70. The molecular weight excluding hydrogens is 223 g/mol. The van der Waals surface area contributed by atoms with Crippen molar-refractivity contribution in [2.24, 2.45) is 0 Å². The summed E-state index contributed by atoms with van der Waals surface area (Å²) in [6.07, 6.45) is -1.79. The molecule has 2 aliphatic rings. The number of aliphatic hydroxyl groups is 1. The standard InChI is InChI=1S/C8H15O6P/c1-7(2)5(9)6-8(3,14-7)4-12-15(10,11)13-6/h5-6,9H,4H2,1-3H3,(H,10,11)/t5-,6?,8+/m0/s1. The number of fused-ring (bicyclic) bond motifs is 1. The third-order valence-electron chi connectivity index (χ3n) is 2.86. The Kier molecular flexibility index (Phi) is 2.33. The van der Waals surface area contributed by atoms with E-state index >= 15 is 0 Å². The van der Waals surface area contributed by atoms with Gasteiger partial charge in [-0.15, -0.1) is 0 Å². The molecule has 6 nitrogen and oxygen atoms in total. The molecule has 0 aliphatic carbocycles. The highest BCUT2D eigenvalue weighted by molar-refractivity contribution is 7.47. The van der Waals surface area contributed by atoms with Crippen molar-refractivity contribution < 1.29 is 28.3 Å². The van der Waals surface area contributed by atoms with Crippen molar-refractivity contribution in [3.63, 3.8) is 0 Å². The predicted octanol–water partition coefficient (Wildman–Crippen LogP) is 0.431. The lowest BCUT2D eigenvalue weighted by atomic mass is 9.93. The van der Waals surface area contributed by atoms with Crippen LogP contribution in [0.3, 0.4) is 0 Å². The third kappa shape index (κ3) is 1.75. The Balaban J connectivity index is 2.31. The Morgan fingerprint density at radius 1 is 1.40 bits per heavy atom. The third-order valence-corrected chi connectivity index (χ3v) is 3.81. The first kappa shape index (κ1) is 11.5. The summed E-state index contributed by atoms with van der Waals surface area (Å²) in [7, 11) is -4.03. The largest absolute Gasteiger partial charge is 0.472 e. The Bertz CT molecular complexity index is 329. The monoisotopic (exact) mass is 238 g/mol. The van der Waals surface area contributed by atoms with Gasteiger partial charge < -0.3 is 14.7 Å². The molecule has 2 N–H and O–H groups in total. The molecule has 15 heavy (non-hydrogen) atoms. The topological polar surface area (TPSA) is 85.2 Å². The van der Waals surface area contributed by atoms with Gasteiger partial charge in [-0.05, 0) is 20.8 Å². The van der Waals surface area contributed by atoms with Gasteiger partial charge in [0, 0.05) is 0 Å². The van der Waals surface area contributed by atoms with E-state index in [9.17, 15) is 9.67 Å². The number of hydrogen-bond acceptors (Lipinski definition) is 5. The van der Waals surface area contributed by atoms with E-state index in [1.165, 1.54) is 0 Å². The van der Waals surface area contributed by atoms with E-state index in [0.29, 0.717) is 0 Å². The smallest absolute Gasteiger partial charge is 0.387 e. The molecule has 0 bridgehead atoms. The van der Waals surface area contributed by atoms with Crippen LogP contribution in [0.15, 0.2) is 0 Å². The number of phosphoric ester groups is 1. The zero-order chi connectivity index (χ0) is 11.5. The van der Waals surface area contributed by atoms with Crippen molar-refractivity contribution in [3.05, 3.63) is 0 Å². The number of hydrogen-bond donors (Lipinski definition) is 2. The summed E-state index contributed by atoms with van der Waals surface area (Å²) in [4.78, 5) is 9.17. The molecule has 0 radical (unpaired) electrons. The summed E-state index contributed by atoms with van der Waals surface area (Å²) in [5, 5.41) is 9.91. The molecule has 0 aromatic heterocycles. The molecule has 2 rings (SSSR count). The molecule has 2 unspecified atom stereocenters. The van der Waals surface area contributed by atoms with Crippen LogP contribution >= 0.6 is 7.82 Å². The first-order chi connectivity index (χ1) is 6.66. The van der Waals surface area contributed by atoms with Crippen LogP contribution in [0.25, 0.3) is 0 Å². The maximum absolute atomic E-state index is 11.2. The SMILES string of the molecule is CC1(C)O[C@]2(C)COP(=O)(O)OC2[C@@H]1O. The number of aliphatic hydroxyl groups excluding tert-OH is 1. The Morgan fingerprint density at radius 3 is 2.60 bits per heavy atom. The van der Waals surface area contributed by atoms with Gasteiger partial charge in [-0.25, -0.2) is 4.57 Å². The minimum Gasteiger partial charge on any atom is -0.387 e. The number of ether oxygens (including phenoxy) is 1. The van der Waals surface area contributed by atoms with Gasteiger partial charge in [0.15, 0.2) is 0 Å². The Hall–Kier alpha value is 0.0300. The first-order valence-corrected chi connectivity index (χ1v) is 6.20. The summed E-state index contributed by atoms with van der Waals surface area (Å²) in [6, 6.07) is 0. The molecule has 0 aromatic carbocycles. The molecule has 7 heteroatoms. The summed E-state index contributed by atoms with van der Waals surface area (Å²) in [5.74, 6) is 0. The van der Waals surface area contributed by atoms with Crippen LogP contribution in [0.2, 0.25) is 0 Å². The maximum atomic E-state index is 11.2. The molecule has 4 atom stereocenters. The molecule has 0 aromatic rings. The van der Waals surface area contributed by atoms with E-state index < -0.39 is 31.2 Å². The predicted molar refractivity (Wildman–Crippen MR) is 50.2 cm³/mol. The summed E-state index contributed by atoms with van der Waals surface area (Å²) < 4.78 is 26.4. The number of phosphoric acid groups is 1. The van der Waals surface area contributed by atoms with Crippen molar-refractivity contribution in [3.8, 4) is 0 Å². The van der Waals surface area contributed by atoms with Gasteiger partial charge in [-0.2, -0.15) is 0 Å². The highest BCUT2D eigenvalue weighted by Gasteiger charge is 2.61. The zero-order valence-electron chi connectivity index (χ0n) is 8.84. The second-order valence-corrected chi connectivity index (χ2v) is 6.14. The lowest BCUT2D eigenvalue weighted by Gasteiger charge is -2.36. The minimum atomic E-state index is -4.03. The second-order valence-electron chi connectivity index (χ2n) is 4.73. The second kappa shape index (κ2) is 3.03. The van der Waals surface area contributed by atoms with Crippen LogP contribution in [0.4, 0.5) is 0 Å². The van der Waals surface area contributed by atoms with E-state index in [2.05, 4.69) is 4.52 Å². The molecule has 2 heterocycles. The maximum Gasteiger partial charge on any atom is 0.472 e. The number of rotatable bonds is 0. The van der Waals surface area contributed by atoms with Gasteiger partial charge in [0.25, 0.3) is 0 Å². The molecule has 0 saturated carbocycles. The lowest BCUT2D eigenvalue weighted by molar-refractivity contribution is -0.140. The fourth-order valence-electron chi connectivity index (χ4n) is 2.08. The fraction of sp³-hybridized carbons (Fsp3) is 1.00. The molecule has 2 fully saturated rings. The van der Waals surface area contributed by atoms with E-state index in [4.69, 9.17) is 14.2 Å². The van der Waals surface area contributed by atoms with E-state index in [-0.39, 0.29) is 6.61 Å². The van der Waals surface area contributed by atoms with Gasteiger partial charge in [-0.1, -0.05) is 0 Å². The molecular formula is C8H15O6P. The highest BCUT2D eigenvalue weighted by Crippen LogP contribution is 2.56. The molecule has 0 spiro atoms. The van der Waals surface area contributed by atoms with E-state index in [1.807, 2.05) is 0 Å². The Labute approximate surface area is 87.8 Å². The minimum absolute atomic E-state index is 0.0636. The van der Waals surface area contributed by atoms with Gasteiger partial charge in [0.2, 0.25) is 0 Å². The molecule has 0 amide bonds. The van der Waals surface area contributed by atoms with Gasteiger partial charge in [0.05, 0.1) is 12.2 Å². The summed E-state index contributed by atoms with van der Waals surface area (Å²) >= 11 is 0. The average Bonchev–Trinajstić information content (AvgIpc) is 2.23. The van der Waals surface area contributed by atoms with Crippen LogP contribution in [0.5, 0.6) is 0 Å². The van der Waals surface area contributed by atoms with Crippen LogP contribution in [-0.2, 0) is 18.3 Å². The lowest BCUT2D eigenvalue weighted by Crippen LogP contribution is -2.48. The van der Waals surface area contributed by atoms with Crippen molar-refractivity contribution in [1.29, 1.82) is 0 Å². The van der Waals surface area contributed by atoms with Crippen molar-refractivity contribution in [2.45, 2.75) is 44.2 Å². The molecule has 88 valence electrons. The van der Waals surface area contributed by atoms with Crippen LogP contribution < -0.4 is 0 Å². The normalized spacial score (nSPS) is 53.9. The van der Waals surface area contributed by atoms with Crippen molar-refractivity contribution in [2.75, 3.05) is 6.61 Å². The molecule has 2 saturated heterocycles. The summed E-state index contributed by atoms with van der Waals surface area (Å²) in [5.41, 5.74) is -1.69. The molecule has 2 aliphatic heterocycles. The summed E-state index contributed by atoms with van der Waals surface area (Å²) in [6.45, 7) is 5.03. The van der Waals surface area contributed by atoms with Crippen molar-refractivity contribution >= 4 is 7.82 Å². The highest BCUT2D eigenvalue weighted by atomic mass is 31.2. The van der Waals surface area contributed by atoms with Gasteiger partial charge in [0.1, 0.15) is 17.8 Å². The van der Waals surface area contributed by atoms with Gasteiger partial charge >= 0.3 is 7.82 Å². The Morgan fingerprint density at radius 2 is 2.00 bits per heavy atom. The van der Waals surface area contributed by atoms with Crippen LogP contribution in [-0.4, -0.2) is 40.0 Å². The van der Waals surface area contributed by atoms with E-state index in [1.54, 1.807) is 20.8 Å². The zero-order valence-corrected chi connectivity index (χ0v) is 9.73. The average molecular weight is 238 g/mol. The fourth-order valence-corrected chi connectivity index (χ4v) is 3.19. The van der Waals surface area contributed by atoms with Crippen LogP contribution in [0, 0.1) is 0 Å². The van der Waals surface area contributed by atoms with E-state index in [0.717, 1.165) is 0 Å². The van der Waals surface area contributed by atoms with Gasteiger partial charge in [-0.3, -0.25) is 9.05 Å².